The summed E-state index contributed by atoms with van der Waals surface area (Å²) in [5.74, 6) is 0.133. The van der Waals surface area contributed by atoms with E-state index in [1.54, 1.807) is 6.20 Å². The zero-order chi connectivity index (χ0) is 18.5. The molecule has 1 amide bonds. The SMILES string of the molecule is CCC[C@@H]1Nc2c(cc[nH]c2=O)[C@H](NC(=O)OCc2ccccc2)[C@H]1C. The normalized spacial score (nSPS) is 21.4. The highest BCUT2D eigenvalue weighted by atomic mass is 16.5. The molecule has 2 aromatic rings. The number of aromatic amines is 1. The summed E-state index contributed by atoms with van der Waals surface area (Å²) in [5, 5.41) is 6.30. The van der Waals surface area contributed by atoms with Crippen LogP contribution in [-0.2, 0) is 11.3 Å². The van der Waals surface area contributed by atoms with Crippen molar-refractivity contribution in [1.82, 2.24) is 10.3 Å². The van der Waals surface area contributed by atoms with E-state index in [1.165, 1.54) is 0 Å². The van der Waals surface area contributed by atoms with E-state index in [0.29, 0.717) is 5.69 Å². The summed E-state index contributed by atoms with van der Waals surface area (Å²) in [7, 11) is 0. The van der Waals surface area contributed by atoms with Crippen LogP contribution in [0.2, 0.25) is 0 Å². The summed E-state index contributed by atoms with van der Waals surface area (Å²) in [5.41, 5.74) is 2.10. The van der Waals surface area contributed by atoms with Gasteiger partial charge in [0.25, 0.3) is 5.56 Å². The molecule has 3 atom stereocenters. The van der Waals surface area contributed by atoms with Crippen molar-refractivity contribution in [3.8, 4) is 0 Å². The third-order valence-corrected chi connectivity index (χ3v) is 4.90. The number of amides is 1. The van der Waals surface area contributed by atoms with Crippen LogP contribution < -0.4 is 16.2 Å². The molecule has 0 unspecified atom stereocenters. The first-order valence-electron chi connectivity index (χ1n) is 9.05. The quantitative estimate of drug-likeness (QED) is 0.766. The van der Waals surface area contributed by atoms with E-state index in [1.807, 2.05) is 36.4 Å². The number of hydrogen-bond donors (Lipinski definition) is 3. The molecule has 1 aromatic carbocycles. The number of nitrogens with one attached hydrogen (secondary N) is 3. The van der Waals surface area contributed by atoms with Gasteiger partial charge >= 0.3 is 6.09 Å². The fourth-order valence-corrected chi connectivity index (χ4v) is 3.48. The van der Waals surface area contributed by atoms with Crippen molar-refractivity contribution in [3.63, 3.8) is 0 Å². The lowest BCUT2D eigenvalue weighted by Gasteiger charge is -2.38. The minimum Gasteiger partial charge on any atom is -0.445 e. The molecule has 26 heavy (non-hydrogen) atoms. The second-order valence-electron chi connectivity index (χ2n) is 6.72. The second kappa shape index (κ2) is 8.08. The lowest BCUT2D eigenvalue weighted by Crippen LogP contribution is -2.45. The largest absolute Gasteiger partial charge is 0.445 e. The molecular formula is C20H25N3O3. The smallest absolute Gasteiger partial charge is 0.407 e. The number of ether oxygens (including phenoxy) is 1. The van der Waals surface area contributed by atoms with E-state index in [4.69, 9.17) is 4.74 Å². The van der Waals surface area contributed by atoms with Gasteiger partial charge in [0.05, 0.1) is 6.04 Å². The van der Waals surface area contributed by atoms with Crippen molar-refractivity contribution in [3.05, 3.63) is 64.1 Å². The molecule has 0 saturated carbocycles. The van der Waals surface area contributed by atoms with Crippen LogP contribution in [0.5, 0.6) is 0 Å². The Morgan fingerprint density at radius 3 is 2.73 bits per heavy atom. The Hall–Kier alpha value is -2.76. The molecule has 6 heteroatoms. The van der Waals surface area contributed by atoms with Gasteiger partial charge in [-0.25, -0.2) is 4.79 Å². The van der Waals surface area contributed by atoms with Gasteiger partial charge in [0, 0.05) is 23.7 Å². The topological polar surface area (TPSA) is 83.2 Å². The summed E-state index contributed by atoms with van der Waals surface area (Å²) in [4.78, 5) is 27.2. The van der Waals surface area contributed by atoms with Crippen LogP contribution in [0.1, 0.15) is 43.9 Å². The van der Waals surface area contributed by atoms with E-state index in [2.05, 4.69) is 29.5 Å². The maximum absolute atomic E-state index is 12.3. The number of pyridine rings is 1. The summed E-state index contributed by atoms with van der Waals surface area (Å²) >= 11 is 0. The van der Waals surface area contributed by atoms with E-state index in [9.17, 15) is 9.59 Å². The lowest BCUT2D eigenvalue weighted by atomic mass is 9.82. The molecule has 2 heterocycles. The van der Waals surface area contributed by atoms with Crippen LogP contribution in [0, 0.1) is 5.92 Å². The number of anilines is 1. The van der Waals surface area contributed by atoms with E-state index >= 15 is 0 Å². The third-order valence-electron chi connectivity index (χ3n) is 4.90. The molecule has 0 fully saturated rings. The molecule has 0 saturated heterocycles. The molecule has 0 radical (unpaired) electrons. The molecule has 0 spiro atoms. The molecule has 3 N–H and O–H groups in total. The standard InChI is InChI=1S/C20H25N3O3/c1-3-7-16-13(2)17(15-10-11-21-19(24)18(15)22-16)23-20(25)26-12-14-8-5-4-6-9-14/h4-6,8-11,13,16-17,22H,3,7,12H2,1-2H3,(H,21,24)(H,23,25)/t13-,16-,17+/m0/s1. The maximum Gasteiger partial charge on any atom is 0.407 e. The average Bonchev–Trinajstić information content (AvgIpc) is 2.65. The number of hydrogen-bond acceptors (Lipinski definition) is 4. The molecule has 6 nitrogen and oxygen atoms in total. The van der Waals surface area contributed by atoms with Gasteiger partial charge in [0.2, 0.25) is 0 Å². The Labute approximate surface area is 153 Å². The monoisotopic (exact) mass is 355 g/mol. The minimum absolute atomic E-state index is 0.121. The summed E-state index contributed by atoms with van der Waals surface area (Å²) in [6.45, 7) is 4.40. The number of rotatable bonds is 5. The van der Waals surface area contributed by atoms with Crippen molar-refractivity contribution < 1.29 is 9.53 Å². The first kappa shape index (κ1) is 18.0. The van der Waals surface area contributed by atoms with Gasteiger partial charge < -0.3 is 20.4 Å². The van der Waals surface area contributed by atoms with Gasteiger partial charge in [-0.2, -0.15) is 0 Å². The maximum atomic E-state index is 12.3. The van der Waals surface area contributed by atoms with Crippen LogP contribution in [0.3, 0.4) is 0 Å². The highest BCUT2D eigenvalue weighted by molar-refractivity contribution is 5.69. The summed E-state index contributed by atoms with van der Waals surface area (Å²) in [6, 6.07) is 11.2. The van der Waals surface area contributed by atoms with E-state index in [0.717, 1.165) is 24.0 Å². The number of fused-ring (bicyclic) bond motifs is 1. The van der Waals surface area contributed by atoms with Crippen molar-refractivity contribution in [2.45, 2.75) is 45.4 Å². The van der Waals surface area contributed by atoms with E-state index in [-0.39, 0.29) is 30.2 Å². The Balaban J connectivity index is 1.75. The minimum atomic E-state index is -0.478. The number of carbonyl (C=O) groups is 1. The third kappa shape index (κ3) is 3.90. The van der Waals surface area contributed by atoms with Crippen LogP contribution in [0.15, 0.2) is 47.4 Å². The Bertz CT molecular complexity index is 803. The highest BCUT2D eigenvalue weighted by Gasteiger charge is 2.35. The highest BCUT2D eigenvalue weighted by Crippen LogP contribution is 2.36. The Kier molecular flexibility index (Phi) is 5.61. The van der Waals surface area contributed by atoms with Gasteiger partial charge in [0.15, 0.2) is 0 Å². The predicted octanol–water partition coefficient (Wildman–Crippen LogP) is 3.57. The van der Waals surface area contributed by atoms with Gasteiger partial charge in [-0.05, 0) is 18.1 Å². The van der Waals surface area contributed by atoms with Gasteiger partial charge in [-0.3, -0.25) is 4.79 Å². The van der Waals surface area contributed by atoms with Crippen LogP contribution in [0.25, 0.3) is 0 Å². The molecule has 0 bridgehead atoms. The molecule has 1 aromatic heterocycles. The number of benzene rings is 1. The van der Waals surface area contributed by atoms with Gasteiger partial charge in [0.1, 0.15) is 12.3 Å². The van der Waals surface area contributed by atoms with E-state index < -0.39 is 6.09 Å². The summed E-state index contributed by atoms with van der Waals surface area (Å²) in [6.07, 6.45) is 3.05. The number of H-pyrrole nitrogens is 1. The molecule has 138 valence electrons. The molecule has 1 aliphatic rings. The Morgan fingerprint density at radius 2 is 2.00 bits per heavy atom. The van der Waals surface area contributed by atoms with Gasteiger partial charge in [-0.15, -0.1) is 0 Å². The average molecular weight is 355 g/mol. The number of aromatic nitrogens is 1. The number of carbonyl (C=O) groups excluding carboxylic acids is 1. The van der Waals surface area contributed by atoms with Gasteiger partial charge in [-0.1, -0.05) is 50.6 Å². The van der Waals surface area contributed by atoms with Crippen LogP contribution >= 0.6 is 0 Å². The molecular weight excluding hydrogens is 330 g/mol. The fourth-order valence-electron chi connectivity index (χ4n) is 3.48. The molecule has 3 rings (SSSR count). The lowest BCUT2D eigenvalue weighted by molar-refractivity contribution is 0.130. The van der Waals surface area contributed by atoms with Crippen molar-refractivity contribution in [2.75, 3.05) is 5.32 Å². The van der Waals surface area contributed by atoms with Crippen molar-refractivity contribution >= 4 is 11.8 Å². The van der Waals surface area contributed by atoms with Crippen LogP contribution in [0.4, 0.5) is 10.5 Å². The Morgan fingerprint density at radius 1 is 1.23 bits per heavy atom. The first-order valence-corrected chi connectivity index (χ1v) is 9.05. The fraction of sp³-hybridized carbons (Fsp3) is 0.400. The molecule has 0 aliphatic carbocycles. The zero-order valence-corrected chi connectivity index (χ0v) is 15.1. The predicted molar refractivity (Wildman–Crippen MR) is 101 cm³/mol. The number of alkyl carbamates (subject to hydrolysis) is 1. The molecule has 1 aliphatic heterocycles. The first-order chi connectivity index (χ1) is 12.6. The summed E-state index contributed by atoms with van der Waals surface area (Å²) < 4.78 is 5.36. The van der Waals surface area contributed by atoms with Crippen LogP contribution in [-0.4, -0.2) is 17.1 Å². The van der Waals surface area contributed by atoms with Crippen molar-refractivity contribution in [2.24, 2.45) is 5.92 Å². The van der Waals surface area contributed by atoms with Crippen molar-refractivity contribution in [1.29, 1.82) is 0 Å². The zero-order valence-electron chi connectivity index (χ0n) is 15.1. The second-order valence-corrected chi connectivity index (χ2v) is 6.72.